The van der Waals surface area contributed by atoms with E-state index in [-0.39, 0.29) is 0 Å². The molecule has 0 heterocycles. The van der Waals surface area contributed by atoms with Crippen molar-refractivity contribution >= 4 is 11.6 Å². The summed E-state index contributed by atoms with van der Waals surface area (Å²) in [7, 11) is 0. The van der Waals surface area contributed by atoms with Gasteiger partial charge in [-0.05, 0) is 42.5 Å². The molecule has 1 N–H and O–H groups in total. The van der Waals surface area contributed by atoms with Crippen molar-refractivity contribution < 1.29 is 0 Å². The first-order valence-electron chi connectivity index (χ1n) is 6.05. The summed E-state index contributed by atoms with van der Waals surface area (Å²) in [5, 5.41) is 4.26. The van der Waals surface area contributed by atoms with Crippen LogP contribution in [0.1, 0.15) is 32.8 Å². The second-order valence-corrected chi connectivity index (χ2v) is 5.18. The largest absolute Gasteiger partial charge is 0.316 e. The van der Waals surface area contributed by atoms with Gasteiger partial charge in [0.2, 0.25) is 0 Å². The molecule has 1 aromatic carbocycles. The van der Waals surface area contributed by atoms with Crippen LogP contribution in [0.25, 0.3) is 0 Å². The van der Waals surface area contributed by atoms with E-state index in [0.29, 0.717) is 5.41 Å². The Bertz CT molecular complexity index is 307. The first-order valence-corrected chi connectivity index (χ1v) is 6.42. The lowest BCUT2D eigenvalue weighted by Gasteiger charge is -2.28. The highest BCUT2D eigenvalue weighted by Gasteiger charge is 2.21. The minimum absolute atomic E-state index is 0.337. The van der Waals surface area contributed by atoms with Crippen LogP contribution in [0.15, 0.2) is 24.3 Å². The van der Waals surface area contributed by atoms with Gasteiger partial charge in [-0.15, -0.1) is 0 Å². The normalized spacial score (nSPS) is 14.8. The fourth-order valence-corrected chi connectivity index (χ4v) is 1.96. The van der Waals surface area contributed by atoms with Crippen LogP contribution in [0, 0.1) is 5.41 Å². The van der Waals surface area contributed by atoms with Crippen LogP contribution >= 0.6 is 11.6 Å². The summed E-state index contributed by atoms with van der Waals surface area (Å²) in [5.41, 5.74) is 1.70. The van der Waals surface area contributed by atoms with Crippen molar-refractivity contribution in [3.8, 4) is 0 Å². The van der Waals surface area contributed by atoms with Crippen LogP contribution in [-0.2, 0) is 6.42 Å². The standard InChI is InChI=1S/C14H22ClN/c1-4-14(3,11-16-5-2)10-12-6-8-13(15)9-7-12/h6-9,16H,4-5,10-11H2,1-3H3. The maximum absolute atomic E-state index is 5.89. The monoisotopic (exact) mass is 239 g/mol. The Morgan fingerprint density at radius 2 is 1.81 bits per heavy atom. The number of benzene rings is 1. The molecule has 1 nitrogen and oxygen atoms in total. The van der Waals surface area contributed by atoms with Gasteiger partial charge in [0, 0.05) is 11.6 Å². The summed E-state index contributed by atoms with van der Waals surface area (Å²) in [6, 6.07) is 8.20. The molecule has 16 heavy (non-hydrogen) atoms. The van der Waals surface area contributed by atoms with Crippen LogP contribution in [0.4, 0.5) is 0 Å². The first kappa shape index (κ1) is 13.5. The van der Waals surface area contributed by atoms with E-state index in [0.717, 1.165) is 24.5 Å². The Balaban J connectivity index is 2.64. The van der Waals surface area contributed by atoms with Crippen molar-refractivity contribution in [1.82, 2.24) is 5.32 Å². The number of rotatable bonds is 6. The zero-order valence-electron chi connectivity index (χ0n) is 10.5. The van der Waals surface area contributed by atoms with E-state index in [1.165, 1.54) is 12.0 Å². The van der Waals surface area contributed by atoms with Crippen molar-refractivity contribution in [2.75, 3.05) is 13.1 Å². The lowest BCUT2D eigenvalue weighted by atomic mass is 9.81. The van der Waals surface area contributed by atoms with Gasteiger partial charge in [0.15, 0.2) is 0 Å². The van der Waals surface area contributed by atoms with E-state index in [1.807, 2.05) is 12.1 Å². The average Bonchev–Trinajstić information content (AvgIpc) is 2.30. The van der Waals surface area contributed by atoms with Gasteiger partial charge in [-0.1, -0.05) is 44.5 Å². The number of hydrogen-bond acceptors (Lipinski definition) is 1. The predicted octanol–water partition coefficient (Wildman–Crippen LogP) is 3.91. The molecule has 0 saturated carbocycles. The van der Waals surface area contributed by atoms with E-state index in [2.05, 4.69) is 38.2 Å². The molecule has 0 saturated heterocycles. The van der Waals surface area contributed by atoms with Gasteiger partial charge in [-0.2, -0.15) is 0 Å². The van der Waals surface area contributed by atoms with E-state index >= 15 is 0 Å². The van der Waals surface area contributed by atoms with Gasteiger partial charge in [0.25, 0.3) is 0 Å². The molecule has 90 valence electrons. The van der Waals surface area contributed by atoms with Crippen molar-refractivity contribution in [1.29, 1.82) is 0 Å². The Kier molecular flexibility index (Phi) is 5.30. The van der Waals surface area contributed by atoms with E-state index in [4.69, 9.17) is 11.6 Å². The average molecular weight is 240 g/mol. The minimum atomic E-state index is 0.337. The predicted molar refractivity (Wildman–Crippen MR) is 72.1 cm³/mol. The third-order valence-electron chi connectivity index (χ3n) is 3.20. The molecule has 0 amide bonds. The highest BCUT2D eigenvalue weighted by Crippen LogP contribution is 2.26. The third kappa shape index (κ3) is 4.15. The minimum Gasteiger partial charge on any atom is -0.316 e. The smallest absolute Gasteiger partial charge is 0.0406 e. The molecular formula is C14H22ClN. The molecule has 0 spiro atoms. The zero-order valence-corrected chi connectivity index (χ0v) is 11.3. The van der Waals surface area contributed by atoms with Crippen molar-refractivity contribution in [2.24, 2.45) is 5.41 Å². The summed E-state index contributed by atoms with van der Waals surface area (Å²) in [4.78, 5) is 0. The fourth-order valence-electron chi connectivity index (χ4n) is 1.83. The number of halogens is 1. The lowest BCUT2D eigenvalue weighted by molar-refractivity contribution is 0.293. The van der Waals surface area contributed by atoms with Crippen molar-refractivity contribution in [2.45, 2.75) is 33.6 Å². The van der Waals surface area contributed by atoms with Crippen LogP contribution in [0.3, 0.4) is 0 Å². The molecule has 1 unspecified atom stereocenters. The van der Waals surface area contributed by atoms with Crippen molar-refractivity contribution in [3.63, 3.8) is 0 Å². The molecule has 0 aliphatic heterocycles. The lowest BCUT2D eigenvalue weighted by Crippen LogP contribution is -2.33. The molecule has 2 heteroatoms. The SMILES string of the molecule is CCNCC(C)(CC)Cc1ccc(Cl)cc1. The van der Waals surface area contributed by atoms with Gasteiger partial charge in [0.1, 0.15) is 0 Å². The Labute approximate surface area is 104 Å². The molecule has 0 bridgehead atoms. The van der Waals surface area contributed by atoms with Gasteiger partial charge >= 0.3 is 0 Å². The highest BCUT2D eigenvalue weighted by molar-refractivity contribution is 6.30. The second-order valence-electron chi connectivity index (χ2n) is 4.75. The van der Waals surface area contributed by atoms with E-state index in [1.54, 1.807) is 0 Å². The Morgan fingerprint density at radius 1 is 1.19 bits per heavy atom. The summed E-state index contributed by atoms with van der Waals surface area (Å²) >= 11 is 5.89. The maximum Gasteiger partial charge on any atom is 0.0406 e. The quantitative estimate of drug-likeness (QED) is 0.794. The van der Waals surface area contributed by atoms with Gasteiger partial charge < -0.3 is 5.32 Å². The molecule has 0 aliphatic carbocycles. The summed E-state index contributed by atoms with van der Waals surface area (Å²) in [6.45, 7) is 8.86. The third-order valence-corrected chi connectivity index (χ3v) is 3.45. The van der Waals surface area contributed by atoms with Crippen LogP contribution in [0.2, 0.25) is 5.02 Å². The second kappa shape index (κ2) is 6.27. The maximum atomic E-state index is 5.89. The molecule has 1 atom stereocenters. The van der Waals surface area contributed by atoms with Gasteiger partial charge in [0.05, 0.1) is 0 Å². The summed E-state index contributed by atoms with van der Waals surface area (Å²) in [5.74, 6) is 0. The van der Waals surface area contributed by atoms with Gasteiger partial charge in [-0.3, -0.25) is 0 Å². The number of hydrogen-bond donors (Lipinski definition) is 1. The van der Waals surface area contributed by atoms with Gasteiger partial charge in [-0.25, -0.2) is 0 Å². The molecule has 1 aromatic rings. The number of nitrogens with one attached hydrogen (secondary N) is 1. The summed E-state index contributed by atoms with van der Waals surface area (Å²) < 4.78 is 0. The molecule has 1 rings (SSSR count). The fraction of sp³-hybridized carbons (Fsp3) is 0.571. The summed E-state index contributed by atoms with van der Waals surface area (Å²) in [6.07, 6.45) is 2.29. The zero-order chi connectivity index (χ0) is 12.0. The van der Waals surface area contributed by atoms with Crippen LogP contribution in [-0.4, -0.2) is 13.1 Å². The first-order chi connectivity index (χ1) is 7.59. The Morgan fingerprint density at radius 3 is 2.31 bits per heavy atom. The van der Waals surface area contributed by atoms with Crippen molar-refractivity contribution in [3.05, 3.63) is 34.9 Å². The highest BCUT2D eigenvalue weighted by atomic mass is 35.5. The van der Waals surface area contributed by atoms with E-state index < -0.39 is 0 Å². The van der Waals surface area contributed by atoms with E-state index in [9.17, 15) is 0 Å². The molecule has 0 fully saturated rings. The molecule has 0 radical (unpaired) electrons. The Hall–Kier alpha value is -0.530. The molecule has 0 aromatic heterocycles. The topological polar surface area (TPSA) is 12.0 Å². The van der Waals surface area contributed by atoms with Crippen LogP contribution < -0.4 is 5.32 Å². The molecule has 0 aliphatic rings. The van der Waals surface area contributed by atoms with Crippen LogP contribution in [0.5, 0.6) is 0 Å². The molecular weight excluding hydrogens is 218 g/mol.